The van der Waals surface area contributed by atoms with Crippen molar-refractivity contribution in [1.82, 2.24) is 4.98 Å². The fourth-order valence-electron chi connectivity index (χ4n) is 1.88. The number of halogens is 2. The number of benzene rings is 1. The summed E-state index contributed by atoms with van der Waals surface area (Å²) in [5.41, 5.74) is 2.68. The smallest absolute Gasteiger partial charge is 0.129 e. The molecule has 0 saturated carbocycles. The molecule has 0 N–H and O–H groups in total. The van der Waals surface area contributed by atoms with E-state index in [0.29, 0.717) is 18.4 Å². The van der Waals surface area contributed by atoms with Gasteiger partial charge in [0.25, 0.3) is 0 Å². The summed E-state index contributed by atoms with van der Waals surface area (Å²) < 4.78 is 27.2. The molecule has 94 valence electrons. The first kappa shape index (κ1) is 12.7. The Balaban J connectivity index is 2.13. The van der Waals surface area contributed by atoms with E-state index in [4.69, 9.17) is 0 Å². The summed E-state index contributed by atoms with van der Waals surface area (Å²) in [5, 5.41) is 0. The predicted molar refractivity (Wildman–Crippen MR) is 67.5 cm³/mol. The van der Waals surface area contributed by atoms with Gasteiger partial charge in [-0.2, -0.15) is 0 Å². The third-order valence-corrected chi connectivity index (χ3v) is 2.92. The molecule has 1 nitrogen and oxygen atoms in total. The summed E-state index contributed by atoms with van der Waals surface area (Å²) in [5.74, 6) is -0.930. The first-order valence-corrected chi connectivity index (χ1v) is 5.92. The largest absolute Gasteiger partial charge is 0.261 e. The minimum atomic E-state index is -0.465. The monoisotopic (exact) mass is 247 g/mol. The summed E-state index contributed by atoms with van der Waals surface area (Å²) >= 11 is 0. The van der Waals surface area contributed by atoms with Gasteiger partial charge in [-0.1, -0.05) is 6.07 Å². The fourth-order valence-corrected chi connectivity index (χ4v) is 1.88. The minimum absolute atomic E-state index is 0.154. The Morgan fingerprint density at radius 1 is 1.00 bits per heavy atom. The maximum atomic E-state index is 13.6. The molecular weight excluding hydrogens is 232 g/mol. The molecule has 0 radical (unpaired) electrons. The van der Waals surface area contributed by atoms with Gasteiger partial charge in [-0.3, -0.25) is 4.98 Å². The second kappa shape index (κ2) is 5.25. The van der Waals surface area contributed by atoms with Crippen molar-refractivity contribution in [2.75, 3.05) is 0 Å². The number of nitrogens with zero attached hydrogens (tertiary/aromatic N) is 1. The topological polar surface area (TPSA) is 12.9 Å². The van der Waals surface area contributed by atoms with Crippen LogP contribution >= 0.6 is 0 Å². The molecule has 0 aliphatic rings. The highest BCUT2D eigenvalue weighted by Crippen LogP contribution is 2.17. The van der Waals surface area contributed by atoms with E-state index in [0.717, 1.165) is 11.3 Å². The van der Waals surface area contributed by atoms with E-state index >= 15 is 0 Å². The average Bonchev–Trinajstić information content (AvgIpc) is 2.30. The number of pyridine rings is 1. The Hall–Kier alpha value is -1.77. The van der Waals surface area contributed by atoms with Crippen LogP contribution in [0.2, 0.25) is 0 Å². The third kappa shape index (κ3) is 2.92. The molecule has 2 aromatic rings. The summed E-state index contributed by atoms with van der Waals surface area (Å²) in [7, 11) is 0. The third-order valence-electron chi connectivity index (χ3n) is 2.92. The average molecular weight is 247 g/mol. The molecule has 0 atom stereocenters. The van der Waals surface area contributed by atoms with Gasteiger partial charge in [0.2, 0.25) is 0 Å². The van der Waals surface area contributed by atoms with E-state index in [1.807, 2.05) is 19.1 Å². The molecule has 1 aromatic carbocycles. The summed E-state index contributed by atoms with van der Waals surface area (Å²) in [4.78, 5) is 4.16. The molecule has 1 heterocycles. The van der Waals surface area contributed by atoms with Crippen molar-refractivity contribution in [2.45, 2.75) is 26.7 Å². The van der Waals surface area contributed by atoms with Crippen molar-refractivity contribution in [1.29, 1.82) is 0 Å². The maximum absolute atomic E-state index is 13.6. The molecule has 0 aliphatic carbocycles. The van der Waals surface area contributed by atoms with E-state index in [1.165, 1.54) is 12.1 Å². The Labute approximate surface area is 105 Å². The second-order valence-electron chi connectivity index (χ2n) is 4.51. The Morgan fingerprint density at radius 3 is 2.22 bits per heavy atom. The zero-order valence-corrected chi connectivity index (χ0v) is 10.5. The summed E-state index contributed by atoms with van der Waals surface area (Å²) in [6.07, 6.45) is 2.69. The molecule has 3 heteroatoms. The van der Waals surface area contributed by atoms with Crippen LogP contribution in [0.3, 0.4) is 0 Å². The van der Waals surface area contributed by atoms with Crippen LogP contribution in [0.1, 0.15) is 22.4 Å². The highest BCUT2D eigenvalue weighted by atomic mass is 19.1. The standard InChI is InChI=1S/C15H15F2N/c1-10-7-14(16)13(15(17)8-10)6-5-12-4-3-11(2)18-9-12/h3-4,7-9H,5-6H2,1-2H3. The number of aryl methyl sites for hydroxylation is 3. The van der Waals surface area contributed by atoms with Crippen LogP contribution in [0, 0.1) is 25.5 Å². The highest BCUT2D eigenvalue weighted by Gasteiger charge is 2.09. The fraction of sp³-hybridized carbons (Fsp3) is 0.267. The second-order valence-corrected chi connectivity index (χ2v) is 4.51. The Bertz CT molecular complexity index is 524. The molecule has 2 rings (SSSR count). The molecule has 0 bridgehead atoms. The highest BCUT2D eigenvalue weighted by molar-refractivity contribution is 5.26. The van der Waals surface area contributed by atoms with E-state index < -0.39 is 11.6 Å². The van der Waals surface area contributed by atoms with Crippen molar-refractivity contribution >= 4 is 0 Å². The van der Waals surface area contributed by atoms with Gasteiger partial charge in [0.05, 0.1) is 0 Å². The molecule has 1 aromatic heterocycles. The maximum Gasteiger partial charge on any atom is 0.129 e. The molecule has 0 amide bonds. The predicted octanol–water partition coefficient (Wildman–Crippen LogP) is 3.76. The van der Waals surface area contributed by atoms with Gasteiger partial charge in [0.15, 0.2) is 0 Å². The van der Waals surface area contributed by atoms with Crippen molar-refractivity contribution in [2.24, 2.45) is 0 Å². The van der Waals surface area contributed by atoms with Crippen molar-refractivity contribution in [3.8, 4) is 0 Å². The van der Waals surface area contributed by atoms with Gasteiger partial charge in [0.1, 0.15) is 11.6 Å². The zero-order chi connectivity index (χ0) is 13.1. The van der Waals surface area contributed by atoms with Crippen LogP contribution in [0.25, 0.3) is 0 Å². The molecule has 0 spiro atoms. The quantitative estimate of drug-likeness (QED) is 0.804. The van der Waals surface area contributed by atoms with E-state index in [1.54, 1.807) is 13.1 Å². The van der Waals surface area contributed by atoms with Crippen LogP contribution in [0.15, 0.2) is 30.5 Å². The van der Waals surface area contributed by atoms with Crippen LogP contribution in [-0.4, -0.2) is 4.98 Å². The minimum Gasteiger partial charge on any atom is -0.261 e. The lowest BCUT2D eigenvalue weighted by molar-refractivity contribution is 0.552. The molecular formula is C15H15F2N. The van der Waals surface area contributed by atoms with Gasteiger partial charge in [-0.25, -0.2) is 8.78 Å². The van der Waals surface area contributed by atoms with Crippen LogP contribution < -0.4 is 0 Å². The zero-order valence-electron chi connectivity index (χ0n) is 10.5. The lowest BCUT2D eigenvalue weighted by Gasteiger charge is -2.06. The van der Waals surface area contributed by atoms with Gasteiger partial charge < -0.3 is 0 Å². The van der Waals surface area contributed by atoms with Crippen LogP contribution in [0.4, 0.5) is 8.78 Å². The SMILES string of the molecule is Cc1cc(F)c(CCc2ccc(C)nc2)c(F)c1. The van der Waals surface area contributed by atoms with E-state index in [-0.39, 0.29) is 5.56 Å². The number of hydrogen-bond acceptors (Lipinski definition) is 1. The Morgan fingerprint density at radius 2 is 1.67 bits per heavy atom. The van der Waals surface area contributed by atoms with Gasteiger partial charge in [-0.05, 0) is 56.0 Å². The number of aromatic nitrogens is 1. The molecule has 0 fully saturated rings. The summed E-state index contributed by atoms with van der Waals surface area (Å²) in [6.45, 7) is 3.59. The van der Waals surface area contributed by atoms with Gasteiger partial charge in [-0.15, -0.1) is 0 Å². The first-order chi connectivity index (χ1) is 8.56. The van der Waals surface area contributed by atoms with Crippen LogP contribution in [0.5, 0.6) is 0 Å². The molecule has 0 saturated heterocycles. The number of hydrogen-bond donors (Lipinski definition) is 0. The van der Waals surface area contributed by atoms with E-state index in [2.05, 4.69) is 4.98 Å². The normalized spacial score (nSPS) is 10.7. The Kier molecular flexibility index (Phi) is 3.70. The first-order valence-electron chi connectivity index (χ1n) is 5.92. The van der Waals surface area contributed by atoms with Gasteiger partial charge in [0, 0.05) is 17.5 Å². The number of rotatable bonds is 3. The molecule has 18 heavy (non-hydrogen) atoms. The van der Waals surface area contributed by atoms with Crippen molar-refractivity contribution in [3.05, 3.63) is 64.5 Å². The van der Waals surface area contributed by atoms with Gasteiger partial charge >= 0.3 is 0 Å². The molecule has 0 unspecified atom stereocenters. The van der Waals surface area contributed by atoms with Crippen molar-refractivity contribution in [3.63, 3.8) is 0 Å². The van der Waals surface area contributed by atoms with E-state index in [9.17, 15) is 8.78 Å². The summed E-state index contributed by atoms with van der Waals surface area (Å²) in [6, 6.07) is 6.57. The lowest BCUT2D eigenvalue weighted by atomic mass is 10.0. The van der Waals surface area contributed by atoms with Crippen LogP contribution in [-0.2, 0) is 12.8 Å². The lowest BCUT2D eigenvalue weighted by Crippen LogP contribution is -2.00. The van der Waals surface area contributed by atoms with Crippen molar-refractivity contribution < 1.29 is 8.78 Å². The molecule has 0 aliphatic heterocycles.